The number of anilines is 3. The molecule has 198 valence electrons. The zero-order chi connectivity index (χ0) is 27.9. The van der Waals surface area contributed by atoms with Crippen molar-refractivity contribution in [3.05, 3.63) is 158 Å². The number of pyridine rings is 1. The third-order valence-electron chi connectivity index (χ3n) is 7.91. The Morgan fingerprint density at radius 3 is 1.74 bits per heavy atom. The molecule has 0 saturated heterocycles. The number of fused-ring (bicyclic) bond motifs is 5. The molecular weight excluding hydrogens is 512 g/mol. The van der Waals surface area contributed by atoms with Crippen molar-refractivity contribution < 1.29 is 4.42 Å². The molecule has 0 atom stereocenters. The van der Waals surface area contributed by atoms with Gasteiger partial charge < -0.3 is 9.32 Å². The number of para-hydroxylation sites is 1. The predicted octanol–water partition coefficient (Wildman–Crippen LogP) is 10.9. The van der Waals surface area contributed by atoms with Crippen LogP contribution in [0.4, 0.5) is 17.1 Å². The van der Waals surface area contributed by atoms with Gasteiger partial charge in [-0.15, -0.1) is 0 Å². The fraction of sp³-hybridized carbons (Fsp3) is 0. The molecule has 0 fully saturated rings. The summed E-state index contributed by atoms with van der Waals surface area (Å²) in [6, 6.07) is 53.0. The van der Waals surface area contributed by atoms with E-state index in [-0.39, 0.29) is 0 Å². The summed E-state index contributed by atoms with van der Waals surface area (Å²) in [5.41, 5.74) is 10.4. The van der Waals surface area contributed by atoms with E-state index in [2.05, 4.69) is 138 Å². The lowest BCUT2D eigenvalue weighted by atomic mass is 10.0. The number of nitrogens with zero attached hydrogens (tertiary/aromatic N) is 2. The van der Waals surface area contributed by atoms with Gasteiger partial charge in [-0.05, 0) is 76.0 Å². The van der Waals surface area contributed by atoms with Gasteiger partial charge in [0.05, 0.1) is 5.39 Å². The van der Waals surface area contributed by atoms with Crippen LogP contribution in [0.3, 0.4) is 0 Å². The molecule has 0 amide bonds. The summed E-state index contributed by atoms with van der Waals surface area (Å²) in [5.74, 6) is 0. The number of benzene rings is 6. The van der Waals surface area contributed by atoms with Crippen LogP contribution in [0.2, 0.25) is 0 Å². The second-order valence-electron chi connectivity index (χ2n) is 10.5. The number of furan rings is 1. The van der Waals surface area contributed by atoms with Gasteiger partial charge in [0.2, 0.25) is 0 Å². The van der Waals surface area contributed by atoms with E-state index in [1.807, 2.05) is 24.4 Å². The van der Waals surface area contributed by atoms with Crippen LogP contribution in [0, 0.1) is 0 Å². The molecule has 42 heavy (non-hydrogen) atoms. The zero-order valence-electron chi connectivity index (χ0n) is 22.8. The minimum Gasteiger partial charge on any atom is -0.454 e. The topological polar surface area (TPSA) is 29.3 Å². The van der Waals surface area contributed by atoms with E-state index in [0.29, 0.717) is 0 Å². The van der Waals surface area contributed by atoms with Gasteiger partial charge in [0, 0.05) is 28.8 Å². The van der Waals surface area contributed by atoms with Crippen molar-refractivity contribution in [3.8, 4) is 22.3 Å². The average Bonchev–Trinajstić information content (AvgIpc) is 3.45. The Balaban J connectivity index is 1.16. The average molecular weight is 539 g/mol. The van der Waals surface area contributed by atoms with Gasteiger partial charge in [0.15, 0.2) is 5.58 Å². The molecule has 0 N–H and O–H groups in total. The first-order valence-electron chi connectivity index (χ1n) is 14.1. The zero-order valence-corrected chi connectivity index (χ0v) is 22.8. The molecule has 0 radical (unpaired) electrons. The number of rotatable bonds is 5. The Kier molecular flexibility index (Phi) is 5.79. The first-order valence-corrected chi connectivity index (χ1v) is 14.1. The van der Waals surface area contributed by atoms with E-state index in [0.717, 1.165) is 55.6 Å². The maximum absolute atomic E-state index is 6.27. The number of aromatic nitrogens is 1. The normalized spacial score (nSPS) is 11.3. The van der Waals surface area contributed by atoms with Crippen molar-refractivity contribution in [1.82, 2.24) is 4.98 Å². The van der Waals surface area contributed by atoms with E-state index in [9.17, 15) is 0 Å². The quantitative estimate of drug-likeness (QED) is 0.218. The molecule has 2 aromatic heterocycles. The van der Waals surface area contributed by atoms with Crippen molar-refractivity contribution in [2.45, 2.75) is 0 Å². The highest BCUT2D eigenvalue weighted by molar-refractivity contribution is 6.17. The molecule has 0 aliphatic heterocycles. The molecule has 8 aromatic rings. The number of hydrogen-bond acceptors (Lipinski definition) is 3. The highest BCUT2D eigenvalue weighted by Crippen LogP contribution is 2.38. The predicted molar refractivity (Wildman–Crippen MR) is 175 cm³/mol. The van der Waals surface area contributed by atoms with Gasteiger partial charge in [0.1, 0.15) is 11.1 Å². The maximum atomic E-state index is 6.27. The van der Waals surface area contributed by atoms with Crippen LogP contribution in [0.1, 0.15) is 0 Å². The van der Waals surface area contributed by atoms with Crippen LogP contribution in [-0.4, -0.2) is 4.98 Å². The van der Waals surface area contributed by atoms with Gasteiger partial charge in [0.25, 0.3) is 0 Å². The molecule has 3 heteroatoms. The van der Waals surface area contributed by atoms with Crippen LogP contribution in [0.5, 0.6) is 0 Å². The largest absolute Gasteiger partial charge is 0.454 e. The molecule has 0 aliphatic rings. The van der Waals surface area contributed by atoms with Crippen molar-refractivity contribution in [1.29, 1.82) is 0 Å². The SMILES string of the molecule is c1ccc(-c2ccc(N(c3ccccc3)c3ccc(-c4cnc5c(c4)oc4ccc6ccccc6c45)cc3)cc2)cc1. The van der Waals surface area contributed by atoms with Crippen molar-refractivity contribution in [2.75, 3.05) is 4.90 Å². The van der Waals surface area contributed by atoms with Crippen molar-refractivity contribution in [2.24, 2.45) is 0 Å². The second-order valence-corrected chi connectivity index (χ2v) is 10.5. The first kappa shape index (κ1) is 24.2. The first-order chi connectivity index (χ1) is 20.8. The summed E-state index contributed by atoms with van der Waals surface area (Å²) in [5, 5.41) is 3.42. The Hall–Kier alpha value is -5.67. The third-order valence-corrected chi connectivity index (χ3v) is 7.91. The molecule has 0 spiro atoms. The van der Waals surface area contributed by atoms with Crippen LogP contribution < -0.4 is 4.90 Å². The lowest BCUT2D eigenvalue weighted by molar-refractivity contribution is 0.668. The summed E-state index contributed by atoms with van der Waals surface area (Å²) >= 11 is 0. The van der Waals surface area contributed by atoms with Gasteiger partial charge >= 0.3 is 0 Å². The summed E-state index contributed by atoms with van der Waals surface area (Å²) < 4.78 is 6.27. The summed E-state index contributed by atoms with van der Waals surface area (Å²) in [6.07, 6.45) is 1.95. The Labute approximate surface area is 243 Å². The van der Waals surface area contributed by atoms with E-state index >= 15 is 0 Å². The summed E-state index contributed by atoms with van der Waals surface area (Å²) in [4.78, 5) is 7.16. The fourth-order valence-corrected chi connectivity index (χ4v) is 5.83. The lowest BCUT2D eigenvalue weighted by Crippen LogP contribution is -2.09. The van der Waals surface area contributed by atoms with Crippen molar-refractivity contribution >= 4 is 49.9 Å². The van der Waals surface area contributed by atoms with Crippen LogP contribution >= 0.6 is 0 Å². The van der Waals surface area contributed by atoms with Crippen LogP contribution in [0.25, 0.3) is 55.1 Å². The Bertz CT molecular complexity index is 2170. The van der Waals surface area contributed by atoms with Gasteiger partial charge in [-0.25, -0.2) is 0 Å². The standard InChI is InChI=1S/C39H26N2O/c1-3-9-27(10-4-1)28-15-20-33(21-16-28)41(32-12-5-2-6-13-32)34-22-17-29(18-23-34)31-25-37-39(40-26-31)38-35-14-8-7-11-30(35)19-24-36(38)42-37/h1-26H. The minimum absolute atomic E-state index is 0.798. The molecule has 0 aliphatic carbocycles. The molecule has 0 saturated carbocycles. The fourth-order valence-electron chi connectivity index (χ4n) is 5.83. The molecule has 2 heterocycles. The van der Waals surface area contributed by atoms with E-state index in [1.54, 1.807) is 0 Å². The van der Waals surface area contributed by atoms with Gasteiger partial charge in [-0.2, -0.15) is 0 Å². The van der Waals surface area contributed by atoms with Crippen LogP contribution in [0.15, 0.2) is 162 Å². The molecule has 0 bridgehead atoms. The monoisotopic (exact) mass is 538 g/mol. The summed E-state index contributed by atoms with van der Waals surface area (Å²) in [6.45, 7) is 0. The van der Waals surface area contributed by atoms with Crippen LogP contribution in [-0.2, 0) is 0 Å². The summed E-state index contributed by atoms with van der Waals surface area (Å²) in [7, 11) is 0. The molecule has 0 unspecified atom stereocenters. The second kappa shape index (κ2) is 10.1. The van der Waals surface area contributed by atoms with E-state index < -0.39 is 0 Å². The Morgan fingerprint density at radius 1 is 0.452 bits per heavy atom. The smallest absolute Gasteiger partial charge is 0.154 e. The molecular formula is C39H26N2O. The molecule has 8 rings (SSSR count). The molecule has 3 nitrogen and oxygen atoms in total. The highest BCUT2D eigenvalue weighted by Gasteiger charge is 2.15. The highest BCUT2D eigenvalue weighted by atomic mass is 16.3. The molecule has 6 aromatic carbocycles. The third kappa shape index (κ3) is 4.20. The van der Waals surface area contributed by atoms with Gasteiger partial charge in [-0.1, -0.05) is 103 Å². The minimum atomic E-state index is 0.798. The maximum Gasteiger partial charge on any atom is 0.154 e. The lowest BCUT2D eigenvalue weighted by Gasteiger charge is -2.26. The number of hydrogen-bond donors (Lipinski definition) is 0. The van der Waals surface area contributed by atoms with Gasteiger partial charge in [-0.3, -0.25) is 4.98 Å². The van der Waals surface area contributed by atoms with Crippen molar-refractivity contribution in [3.63, 3.8) is 0 Å². The Morgan fingerprint density at radius 2 is 1.02 bits per heavy atom. The van der Waals surface area contributed by atoms with E-state index in [4.69, 9.17) is 9.40 Å². The van der Waals surface area contributed by atoms with E-state index in [1.165, 1.54) is 16.5 Å².